The molecule has 1 N–H and O–H groups in total. The summed E-state index contributed by atoms with van der Waals surface area (Å²) in [4.78, 5) is 10.4. The van der Waals surface area contributed by atoms with Gasteiger partial charge in [-0.2, -0.15) is 0 Å². The molecule has 0 amide bonds. The number of carboxylic acids is 1. The number of benzene rings is 1. The highest BCUT2D eigenvalue weighted by atomic mass is 79.9. The Morgan fingerprint density at radius 1 is 1.25 bits per heavy atom. The standard InChI is InChI=1S/C7H3BrF2O2.C4H10/c8-4-2-6(10)5(9)1-3(4)7(11)12;1-4(2)3/h1-2H,(H,11,12);4H,1-3H3. The highest BCUT2D eigenvalue weighted by Crippen LogP contribution is 2.20. The second-order valence-electron chi connectivity index (χ2n) is 3.78. The van der Waals surface area contributed by atoms with E-state index in [4.69, 9.17) is 5.11 Å². The first-order valence-electron chi connectivity index (χ1n) is 4.63. The SMILES string of the molecule is CC(C)C.O=C(O)c1cc(F)c(F)cc1Br. The summed E-state index contributed by atoms with van der Waals surface area (Å²) >= 11 is 2.79. The van der Waals surface area contributed by atoms with Crippen molar-refractivity contribution in [2.75, 3.05) is 0 Å². The average molecular weight is 295 g/mol. The summed E-state index contributed by atoms with van der Waals surface area (Å²) in [5, 5.41) is 8.46. The van der Waals surface area contributed by atoms with Gasteiger partial charge in [0.05, 0.1) is 5.56 Å². The van der Waals surface area contributed by atoms with Crippen molar-refractivity contribution in [2.45, 2.75) is 20.8 Å². The zero-order chi connectivity index (χ0) is 12.9. The first-order valence-corrected chi connectivity index (χ1v) is 5.42. The number of rotatable bonds is 1. The van der Waals surface area contributed by atoms with Gasteiger partial charge in [0.2, 0.25) is 0 Å². The van der Waals surface area contributed by atoms with Gasteiger partial charge in [-0.15, -0.1) is 0 Å². The van der Waals surface area contributed by atoms with E-state index in [1.54, 1.807) is 0 Å². The van der Waals surface area contributed by atoms with Gasteiger partial charge in [0.15, 0.2) is 11.6 Å². The molecule has 0 radical (unpaired) electrons. The van der Waals surface area contributed by atoms with Gasteiger partial charge in [-0.25, -0.2) is 13.6 Å². The van der Waals surface area contributed by atoms with Gasteiger partial charge in [0, 0.05) is 4.47 Å². The highest BCUT2D eigenvalue weighted by Gasteiger charge is 2.12. The first-order chi connectivity index (χ1) is 7.25. The summed E-state index contributed by atoms with van der Waals surface area (Å²) in [6, 6.07) is 1.40. The van der Waals surface area contributed by atoms with Crippen LogP contribution < -0.4 is 0 Å². The van der Waals surface area contributed by atoms with E-state index in [0.717, 1.165) is 12.0 Å². The Labute approximate surface area is 101 Å². The molecule has 0 spiro atoms. The van der Waals surface area contributed by atoms with Gasteiger partial charge in [-0.1, -0.05) is 20.8 Å². The van der Waals surface area contributed by atoms with Gasteiger partial charge in [0.25, 0.3) is 0 Å². The molecule has 0 bridgehead atoms. The van der Waals surface area contributed by atoms with Crippen molar-refractivity contribution in [3.63, 3.8) is 0 Å². The number of hydrogen-bond donors (Lipinski definition) is 1. The number of aromatic carboxylic acids is 1. The fraction of sp³-hybridized carbons (Fsp3) is 0.364. The monoisotopic (exact) mass is 294 g/mol. The predicted octanol–water partition coefficient (Wildman–Crippen LogP) is 4.09. The second-order valence-corrected chi connectivity index (χ2v) is 4.64. The second kappa shape index (κ2) is 6.58. The smallest absolute Gasteiger partial charge is 0.336 e. The third-order valence-corrected chi connectivity index (χ3v) is 1.90. The Bertz CT molecular complexity index is 376. The molecule has 1 aromatic carbocycles. The minimum Gasteiger partial charge on any atom is -0.478 e. The van der Waals surface area contributed by atoms with Crippen LogP contribution in [0.5, 0.6) is 0 Å². The molecule has 90 valence electrons. The molecule has 0 saturated carbocycles. The minimum absolute atomic E-state index is 0.0221. The van der Waals surface area contributed by atoms with Crippen LogP contribution in [0.4, 0.5) is 8.78 Å². The molecule has 0 aliphatic carbocycles. The molecule has 1 aromatic rings. The number of carboxylic acid groups (broad SMARTS) is 1. The zero-order valence-corrected chi connectivity index (χ0v) is 10.8. The third kappa shape index (κ3) is 5.21. The van der Waals surface area contributed by atoms with Gasteiger partial charge in [0.1, 0.15) is 0 Å². The Kier molecular flexibility index (Phi) is 6.18. The highest BCUT2D eigenvalue weighted by molar-refractivity contribution is 9.10. The van der Waals surface area contributed by atoms with Crippen molar-refractivity contribution < 1.29 is 18.7 Å². The van der Waals surface area contributed by atoms with Gasteiger partial charge in [-0.05, 0) is 34.0 Å². The van der Waals surface area contributed by atoms with Crippen LogP contribution in [0.25, 0.3) is 0 Å². The molecule has 2 nitrogen and oxygen atoms in total. The predicted molar refractivity (Wildman–Crippen MR) is 61.5 cm³/mol. The Hall–Kier alpha value is -0.970. The molecule has 16 heavy (non-hydrogen) atoms. The van der Waals surface area contributed by atoms with Crippen LogP contribution in [0.3, 0.4) is 0 Å². The molecule has 0 aliphatic heterocycles. The maximum Gasteiger partial charge on any atom is 0.336 e. The number of hydrogen-bond acceptors (Lipinski definition) is 1. The summed E-state index contributed by atoms with van der Waals surface area (Å²) in [6.45, 7) is 6.50. The number of halogens is 3. The van der Waals surface area contributed by atoms with E-state index in [0.29, 0.717) is 6.07 Å². The van der Waals surface area contributed by atoms with Crippen LogP contribution in [0.2, 0.25) is 0 Å². The molecule has 0 saturated heterocycles. The lowest BCUT2D eigenvalue weighted by Crippen LogP contribution is -1.99. The van der Waals surface area contributed by atoms with Crippen molar-refractivity contribution in [1.82, 2.24) is 0 Å². The lowest BCUT2D eigenvalue weighted by Gasteiger charge is -1.99. The largest absolute Gasteiger partial charge is 0.478 e. The molecule has 0 fully saturated rings. The van der Waals surface area contributed by atoms with E-state index in [9.17, 15) is 13.6 Å². The fourth-order valence-corrected chi connectivity index (χ4v) is 1.17. The van der Waals surface area contributed by atoms with Crippen LogP contribution in [-0.2, 0) is 0 Å². The zero-order valence-electron chi connectivity index (χ0n) is 9.22. The molecule has 0 atom stereocenters. The van der Waals surface area contributed by atoms with E-state index in [2.05, 4.69) is 36.7 Å². The molecule has 0 heterocycles. The summed E-state index contributed by atoms with van der Waals surface area (Å²) in [5.74, 6) is -2.72. The topological polar surface area (TPSA) is 37.3 Å². The van der Waals surface area contributed by atoms with Crippen LogP contribution in [0.1, 0.15) is 31.1 Å². The van der Waals surface area contributed by atoms with E-state index in [1.165, 1.54) is 0 Å². The van der Waals surface area contributed by atoms with Crippen molar-refractivity contribution in [3.05, 3.63) is 33.8 Å². The lowest BCUT2D eigenvalue weighted by molar-refractivity contribution is 0.0695. The van der Waals surface area contributed by atoms with E-state index < -0.39 is 17.6 Å². The molecule has 1 rings (SSSR count). The van der Waals surface area contributed by atoms with Crippen LogP contribution >= 0.6 is 15.9 Å². The minimum atomic E-state index is -1.30. The Morgan fingerprint density at radius 2 is 1.62 bits per heavy atom. The normalized spacial score (nSPS) is 9.69. The first kappa shape index (κ1) is 15.0. The quantitative estimate of drug-likeness (QED) is 0.792. The van der Waals surface area contributed by atoms with Crippen LogP contribution in [0, 0.1) is 17.6 Å². The van der Waals surface area contributed by atoms with Crippen LogP contribution in [0.15, 0.2) is 16.6 Å². The van der Waals surface area contributed by atoms with Gasteiger partial charge in [-0.3, -0.25) is 0 Å². The van der Waals surface area contributed by atoms with E-state index >= 15 is 0 Å². The van der Waals surface area contributed by atoms with Crippen molar-refractivity contribution in [3.8, 4) is 0 Å². The summed E-state index contributed by atoms with van der Waals surface area (Å²) < 4.78 is 24.9. The van der Waals surface area contributed by atoms with Crippen LogP contribution in [-0.4, -0.2) is 11.1 Å². The summed E-state index contributed by atoms with van der Waals surface area (Å²) in [6.07, 6.45) is 0. The molecule has 0 aromatic heterocycles. The van der Waals surface area contributed by atoms with E-state index in [-0.39, 0.29) is 10.0 Å². The molecular formula is C11H13BrF2O2. The Balaban J connectivity index is 0.000000487. The molecule has 5 heteroatoms. The van der Waals surface area contributed by atoms with Crippen molar-refractivity contribution >= 4 is 21.9 Å². The van der Waals surface area contributed by atoms with Crippen molar-refractivity contribution in [1.29, 1.82) is 0 Å². The third-order valence-electron chi connectivity index (χ3n) is 1.24. The van der Waals surface area contributed by atoms with E-state index in [1.807, 2.05) is 0 Å². The maximum atomic E-state index is 12.5. The Morgan fingerprint density at radius 3 is 2.00 bits per heavy atom. The molecular weight excluding hydrogens is 282 g/mol. The summed E-state index contributed by atoms with van der Waals surface area (Å²) in [7, 11) is 0. The molecule has 0 aliphatic rings. The summed E-state index contributed by atoms with van der Waals surface area (Å²) in [5.41, 5.74) is -0.297. The fourth-order valence-electron chi connectivity index (χ4n) is 0.686. The van der Waals surface area contributed by atoms with Gasteiger partial charge < -0.3 is 5.11 Å². The van der Waals surface area contributed by atoms with Crippen molar-refractivity contribution in [2.24, 2.45) is 5.92 Å². The number of carbonyl (C=O) groups is 1. The van der Waals surface area contributed by atoms with Gasteiger partial charge >= 0.3 is 5.97 Å². The lowest BCUT2D eigenvalue weighted by atomic mass is 10.2. The molecule has 0 unspecified atom stereocenters. The average Bonchev–Trinajstić information content (AvgIpc) is 2.09. The maximum absolute atomic E-state index is 12.5.